The van der Waals surface area contributed by atoms with E-state index in [1.165, 1.54) is 11.1 Å². The van der Waals surface area contributed by atoms with Crippen LogP contribution in [0.3, 0.4) is 0 Å². The van der Waals surface area contributed by atoms with Crippen LogP contribution in [0.4, 0.5) is 0 Å². The van der Waals surface area contributed by atoms with Crippen molar-refractivity contribution in [1.29, 1.82) is 0 Å². The van der Waals surface area contributed by atoms with E-state index in [9.17, 15) is 4.79 Å². The Bertz CT molecular complexity index is 373. The number of nitrogens with zero attached hydrogens (tertiary/aromatic N) is 1. The molecule has 21 heavy (non-hydrogen) atoms. The van der Waals surface area contributed by atoms with Crippen LogP contribution in [0.25, 0.3) is 0 Å². The number of allylic oxidation sites excluding steroid dienone is 3. The lowest BCUT2D eigenvalue weighted by Crippen LogP contribution is -2.31. The van der Waals surface area contributed by atoms with Crippen molar-refractivity contribution in [3.8, 4) is 0 Å². The zero-order valence-corrected chi connectivity index (χ0v) is 14.2. The van der Waals surface area contributed by atoms with Gasteiger partial charge in [-0.15, -0.1) is 0 Å². The third-order valence-corrected chi connectivity index (χ3v) is 4.06. The van der Waals surface area contributed by atoms with Crippen molar-refractivity contribution in [3.63, 3.8) is 0 Å². The van der Waals surface area contributed by atoms with E-state index < -0.39 is 0 Å². The lowest BCUT2D eigenvalue weighted by atomic mass is 9.94. The van der Waals surface area contributed by atoms with Gasteiger partial charge in [-0.3, -0.25) is 4.79 Å². The summed E-state index contributed by atoms with van der Waals surface area (Å²) in [5.74, 6) is 0.467. The van der Waals surface area contributed by atoms with Crippen molar-refractivity contribution in [2.45, 2.75) is 52.9 Å². The van der Waals surface area contributed by atoms with Crippen LogP contribution in [0.15, 0.2) is 23.3 Å². The van der Waals surface area contributed by atoms with Crippen LogP contribution in [0, 0.1) is 5.92 Å². The quantitative estimate of drug-likeness (QED) is 0.526. The van der Waals surface area contributed by atoms with Crippen LogP contribution in [-0.2, 0) is 9.53 Å². The highest BCUT2D eigenvalue weighted by molar-refractivity contribution is 5.69. The first-order valence-electron chi connectivity index (χ1n) is 8.10. The Balaban J connectivity index is 2.16. The molecule has 1 saturated heterocycles. The van der Waals surface area contributed by atoms with Gasteiger partial charge in [0.2, 0.25) is 0 Å². The molecule has 0 aliphatic carbocycles. The highest BCUT2D eigenvalue weighted by Crippen LogP contribution is 2.19. The summed E-state index contributed by atoms with van der Waals surface area (Å²) < 4.78 is 5.33. The number of ether oxygens (including phenoxy) is 1. The molecule has 1 heterocycles. The molecule has 1 aliphatic heterocycles. The van der Waals surface area contributed by atoms with E-state index in [0.29, 0.717) is 18.9 Å². The number of carbonyl (C=O) groups excluding carboxylic acids is 1. The van der Waals surface area contributed by atoms with Gasteiger partial charge in [0.25, 0.3) is 0 Å². The zero-order chi connectivity index (χ0) is 15.7. The number of hydrogen-bond donors (Lipinski definition) is 0. The largest absolute Gasteiger partial charge is 0.461 e. The third kappa shape index (κ3) is 8.71. The minimum atomic E-state index is -0.0436. The predicted octanol–water partition coefficient (Wildman–Crippen LogP) is 3.95. The van der Waals surface area contributed by atoms with Gasteiger partial charge in [0, 0.05) is 6.42 Å². The molecule has 3 heteroatoms. The zero-order valence-electron chi connectivity index (χ0n) is 14.2. The summed E-state index contributed by atoms with van der Waals surface area (Å²) in [5, 5.41) is 0. The van der Waals surface area contributed by atoms with E-state index in [2.05, 4.69) is 38.8 Å². The fourth-order valence-electron chi connectivity index (χ4n) is 2.53. The minimum absolute atomic E-state index is 0.0436. The molecule has 0 N–H and O–H groups in total. The average Bonchev–Trinajstić information content (AvgIpc) is 2.41. The van der Waals surface area contributed by atoms with E-state index in [1.807, 2.05) is 6.08 Å². The molecule has 0 unspecified atom stereocenters. The van der Waals surface area contributed by atoms with Gasteiger partial charge in [-0.05, 0) is 78.6 Å². The number of hydrogen-bond acceptors (Lipinski definition) is 3. The predicted molar refractivity (Wildman–Crippen MR) is 88.2 cm³/mol. The molecule has 1 aliphatic rings. The molecule has 0 aromatic carbocycles. The smallest absolute Gasteiger partial charge is 0.306 e. The van der Waals surface area contributed by atoms with Gasteiger partial charge in [-0.2, -0.15) is 0 Å². The van der Waals surface area contributed by atoms with Gasteiger partial charge < -0.3 is 9.64 Å². The monoisotopic (exact) mass is 293 g/mol. The van der Waals surface area contributed by atoms with Crippen LogP contribution >= 0.6 is 0 Å². The molecule has 0 aromatic rings. The Morgan fingerprint density at radius 3 is 2.48 bits per heavy atom. The molecule has 120 valence electrons. The van der Waals surface area contributed by atoms with Gasteiger partial charge in [-0.25, -0.2) is 0 Å². The van der Waals surface area contributed by atoms with Crippen molar-refractivity contribution >= 4 is 5.97 Å². The Hall–Kier alpha value is -1.09. The fraction of sp³-hybridized carbons (Fsp3) is 0.722. The second-order valence-corrected chi connectivity index (χ2v) is 6.50. The number of piperidine rings is 1. The highest BCUT2D eigenvalue weighted by atomic mass is 16.5. The average molecular weight is 293 g/mol. The van der Waals surface area contributed by atoms with Crippen molar-refractivity contribution in [1.82, 2.24) is 4.90 Å². The maximum absolute atomic E-state index is 11.8. The molecule has 3 nitrogen and oxygen atoms in total. The summed E-state index contributed by atoms with van der Waals surface area (Å²) in [6, 6.07) is 0. The molecule has 0 atom stereocenters. The Labute approximate surface area is 130 Å². The summed E-state index contributed by atoms with van der Waals surface area (Å²) >= 11 is 0. The molecule has 0 aromatic heterocycles. The molecular weight excluding hydrogens is 262 g/mol. The van der Waals surface area contributed by atoms with Crippen LogP contribution in [-0.4, -0.2) is 37.6 Å². The minimum Gasteiger partial charge on any atom is -0.461 e. The topological polar surface area (TPSA) is 29.5 Å². The van der Waals surface area contributed by atoms with Crippen molar-refractivity contribution in [2.75, 3.05) is 26.7 Å². The summed E-state index contributed by atoms with van der Waals surface area (Å²) in [6.45, 7) is 8.95. The summed E-state index contributed by atoms with van der Waals surface area (Å²) in [6.07, 6.45) is 9.19. The second kappa shape index (κ2) is 9.78. The van der Waals surface area contributed by atoms with E-state index >= 15 is 0 Å². The molecular formula is C18H31NO2. The van der Waals surface area contributed by atoms with E-state index in [-0.39, 0.29) is 5.97 Å². The summed E-state index contributed by atoms with van der Waals surface area (Å²) in [5.41, 5.74) is 2.65. The van der Waals surface area contributed by atoms with E-state index in [1.54, 1.807) is 0 Å². The van der Waals surface area contributed by atoms with Crippen molar-refractivity contribution in [2.24, 2.45) is 5.92 Å². The molecule has 1 rings (SSSR count). The molecule has 0 bridgehead atoms. The van der Waals surface area contributed by atoms with E-state index in [0.717, 1.165) is 38.8 Å². The number of esters is 1. The maximum atomic E-state index is 11.8. The fourth-order valence-corrected chi connectivity index (χ4v) is 2.53. The first kappa shape index (κ1) is 18.0. The second-order valence-electron chi connectivity index (χ2n) is 6.50. The van der Waals surface area contributed by atoms with Crippen LogP contribution in [0.5, 0.6) is 0 Å². The summed E-state index contributed by atoms with van der Waals surface area (Å²) in [4.78, 5) is 14.1. The lowest BCUT2D eigenvalue weighted by Gasteiger charge is -2.28. The first-order chi connectivity index (χ1) is 9.97. The number of rotatable bonds is 7. The standard InChI is InChI=1S/C18H31NO2/c1-15(2)6-5-7-16(3)10-13-21-18(20)14-17-8-11-19(4)12-9-17/h6,10,17H,5,7-9,11-14H2,1-4H3. The number of likely N-dealkylation sites (tertiary alicyclic amines) is 1. The normalized spacial score (nSPS) is 17.6. The molecule has 0 radical (unpaired) electrons. The molecule has 0 amide bonds. The Morgan fingerprint density at radius 1 is 1.19 bits per heavy atom. The van der Waals surface area contributed by atoms with Gasteiger partial charge >= 0.3 is 5.97 Å². The number of carbonyl (C=O) groups is 1. The Morgan fingerprint density at radius 2 is 1.86 bits per heavy atom. The van der Waals surface area contributed by atoms with Crippen molar-refractivity contribution in [3.05, 3.63) is 23.3 Å². The molecule has 1 fully saturated rings. The maximum Gasteiger partial charge on any atom is 0.306 e. The molecule has 0 saturated carbocycles. The van der Waals surface area contributed by atoms with Crippen molar-refractivity contribution < 1.29 is 9.53 Å². The molecule has 0 spiro atoms. The SMILES string of the molecule is CC(C)=CCCC(C)=CCOC(=O)CC1CCN(C)CC1. The lowest BCUT2D eigenvalue weighted by molar-refractivity contribution is -0.143. The van der Waals surface area contributed by atoms with Crippen LogP contribution in [0.1, 0.15) is 52.9 Å². The first-order valence-corrected chi connectivity index (χ1v) is 8.10. The van der Waals surface area contributed by atoms with Crippen LogP contribution < -0.4 is 0 Å². The van der Waals surface area contributed by atoms with Gasteiger partial charge in [0.05, 0.1) is 0 Å². The Kier molecular flexibility index (Phi) is 8.36. The summed E-state index contributed by atoms with van der Waals surface area (Å²) in [7, 11) is 2.14. The van der Waals surface area contributed by atoms with Crippen LogP contribution in [0.2, 0.25) is 0 Å². The van der Waals surface area contributed by atoms with Gasteiger partial charge in [0.15, 0.2) is 0 Å². The van der Waals surface area contributed by atoms with Gasteiger partial charge in [-0.1, -0.05) is 17.2 Å². The highest BCUT2D eigenvalue weighted by Gasteiger charge is 2.19. The third-order valence-electron chi connectivity index (χ3n) is 4.06. The van der Waals surface area contributed by atoms with E-state index in [4.69, 9.17) is 4.74 Å². The van der Waals surface area contributed by atoms with Gasteiger partial charge in [0.1, 0.15) is 6.61 Å².